The lowest BCUT2D eigenvalue weighted by atomic mass is 10.1. The number of piperazine rings is 1. The molecule has 0 bridgehead atoms. The van der Waals surface area contributed by atoms with Crippen LogP contribution in [0.15, 0.2) is 36.7 Å². The minimum Gasteiger partial charge on any atom is -0.369 e. The van der Waals surface area contributed by atoms with Crippen LogP contribution in [0.4, 0.5) is 5.82 Å². The Morgan fingerprint density at radius 2 is 1.89 bits per heavy atom. The van der Waals surface area contributed by atoms with Gasteiger partial charge in [0.15, 0.2) is 0 Å². The maximum Gasteiger partial charge on any atom is 0.253 e. The minimum atomic E-state index is 0.105. The second kappa shape index (κ2) is 7.98. The highest BCUT2D eigenvalue weighted by Crippen LogP contribution is 2.27. The molecule has 4 rings (SSSR count). The molecule has 0 radical (unpaired) electrons. The number of benzene rings is 1. The first kappa shape index (κ1) is 18.4. The first-order chi connectivity index (χ1) is 13.7. The maximum absolute atomic E-state index is 12.7. The molecule has 0 aliphatic carbocycles. The van der Waals surface area contributed by atoms with Crippen LogP contribution >= 0.6 is 0 Å². The summed E-state index contributed by atoms with van der Waals surface area (Å²) in [6, 6.07) is 9.85. The zero-order valence-electron chi connectivity index (χ0n) is 16.4. The van der Waals surface area contributed by atoms with Crippen molar-refractivity contribution in [1.82, 2.24) is 24.8 Å². The number of nitrogens with one attached hydrogen (secondary N) is 2. The molecule has 7 nitrogen and oxygen atoms in total. The summed E-state index contributed by atoms with van der Waals surface area (Å²) >= 11 is 0. The number of carbonyl (C=O) groups excluding carboxylic acids is 1. The van der Waals surface area contributed by atoms with Crippen LogP contribution in [-0.2, 0) is 0 Å². The topological polar surface area (TPSA) is 77.1 Å². The van der Waals surface area contributed by atoms with Gasteiger partial charge in [0.1, 0.15) is 17.8 Å². The quantitative estimate of drug-likeness (QED) is 0.714. The van der Waals surface area contributed by atoms with E-state index in [1.54, 1.807) is 6.33 Å². The van der Waals surface area contributed by atoms with E-state index in [2.05, 4.69) is 45.2 Å². The van der Waals surface area contributed by atoms with Crippen molar-refractivity contribution in [3.8, 4) is 11.3 Å². The molecule has 28 heavy (non-hydrogen) atoms. The van der Waals surface area contributed by atoms with Gasteiger partial charge < -0.3 is 20.1 Å². The predicted octanol–water partition coefficient (Wildman–Crippen LogP) is 2.83. The number of likely N-dealkylation sites (N-methyl/N-ethyl adjacent to an activating group) is 1. The van der Waals surface area contributed by atoms with Gasteiger partial charge in [0.05, 0.1) is 5.39 Å². The van der Waals surface area contributed by atoms with Crippen LogP contribution in [0.2, 0.25) is 0 Å². The first-order valence-corrected chi connectivity index (χ1v) is 9.81. The van der Waals surface area contributed by atoms with Gasteiger partial charge in [-0.15, -0.1) is 0 Å². The molecular weight excluding hydrogens is 352 g/mol. The Bertz CT molecular complexity index is 957. The van der Waals surface area contributed by atoms with Crippen molar-refractivity contribution >= 4 is 22.8 Å². The predicted molar refractivity (Wildman–Crippen MR) is 112 cm³/mol. The summed E-state index contributed by atoms with van der Waals surface area (Å²) in [5, 5.41) is 4.32. The van der Waals surface area contributed by atoms with Gasteiger partial charge >= 0.3 is 0 Å². The highest BCUT2D eigenvalue weighted by molar-refractivity contribution is 5.95. The maximum atomic E-state index is 12.7. The number of anilines is 1. The number of aromatic amines is 1. The van der Waals surface area contributed by atoms with Gasteiger partial charge in [-0.2, -0.15) is 0 Å². The molecule has 2 N–H and O–H groups in total. The molecular formula is C21H26N6O. The molecule has 7 heteroatoms. The van der Waals surface area contributed by atoms with E-state index in [0.29, 0.717) is 0 Å². The Kier molecular flexibility index (Phi) is 5.25. The lowest BCUT2D eigenvalue weighted by Gasteiger charge is -2.32. The van der Waals surface area contributed by atoms with Crippen LogP contribution in [0.1, 0.15) is 23.7 Å². The number of amides is 1. The smallest absolute Gasteiger partial charge is 0.253 e. The largest absolute Gasteiger partial charge is 0.369 e. The van der Waals surface area contributed by atoms with Crippen LogP contribution in [0, 0.1) is 0 Å². The van der Waals surface area contributed by atoms with Crippen LogP contribution in [0.5, 0.6) is 0 Å². The molecule has 3 aromatic rings. The average molecular weight is 378 g/mol. The summed E-state index contributed by atoms with van der Waals surface area (Å²) < 4.78 is 0. The van der Waals surface area contributed by atoms with Crippen molar-refractivity contribution in [2.75, 3.05) is 45.1 Å². The van der Waals surface area contributed by atoms with E-state index in [9.17, 15) is 4.79 Å². The molecule has 2 aromatic heterocycles. The summed E-state index contributed by atoms with van der Waals surface area (Å²) in [7, 11) is 2.09. The SMILES string of the molecule is CCCNc1ncnc2[nH]c(-c3ccc(C(=O)N4CCN(C)CC4)cc3)cc12. The van der Waals surface area contributed by atoms with Gasteiger partial charge in [-0.05, 0) is 37.2 Å². The van der Waals surface area contributed by atoms with Gasteiger partial charge in [-0.3, -0.25) is 4.79 Å². The van der Waals surface area contributed by atoms with Crippen LogP contribution in [0.25, 0.3) is 22.3 Å². The fraction of sp³-hybridized carbons (Fsp3) is 0.381. The monoisotopic (exact) mass is 378 g/mol. The van der Waals surface area contributed by atoms with Gasteiger partial charge in [0.2, 0.25) is 0 Å². The van der Waals surface area contributed by atoms with Crippen molar-refractivity contribution in [2.45, 2.75) is 13.3 Å². The third-order valence-corrected chi connectivity index (χ3v) is 5.20. The fourth-order valence-corrected chi connectivity index (χ4v) is 3.46. The molecule has 1 saturated heterocycles. The molecule has 1 fully saturated rings. The van der Waals surface area contributed by atoms with Crippen molar-refractivity contribution < 1.29 is 4.79 Å². The van der Waals surface area contributed by atoms with E-state index in [0.717, 1.165) is 72.8 Å². The molecule has 1 aliphatic heterocycles. The van der Waals surface area contributed by atoms with E-state index in [4.69, 9.17) is 0 Å². The van der Waals surface area contributed by atoms with Gasteiger partial charge in [0.25, 0.3) is 5.91 Å². The van der Waals surface area contributed by atoms with Crippen LogP contribution < -0.4 is 5.32 Å². The number of carbonyl (C=O) groups is 1. The lowest BCUT2D eigenvalue weighted by molar-refractivity contribution is 0.0664. The van der Waals surface area contributed by atoms with Crippen LogP contribution in [0.3, 0.4) is 0 Å². The van der Waals surface area contributed by atoms with Gasteiger partial charge in [-0.25, -0.2) is 9.97 Å². The number of H-pyrrole nitrogens is 1. The molecule has 0 atom stereocenters. The fourth-order valence-electron chi connectivity index (χ4n) is 3.46. The zero-order chi connectivity index (χ0) is 19.5. The Balaban J connectivity index is 1.54. The standard InChI is InChI=1S/C21H26N6O/c1-3-8-22-19-17-13-18(25-20(17)24-14-23-19)15-4-6-16(7-5-15)21(28)27-11-9-26(2)10-12-27/h4-7,13-14H,3,8-12H2,1-2H3,(H2,22,23,24,25). The van der Waals surface area contributed by atoms with Crippen molar-refractivity contribution in [1.29, 1.82) is 0 Å². The molecule has 0 spiro atoms. The molecule has 0 unspecified atom stereocenters. The number of nitrogens with zero attached hydrogens (tertiary/aromatic N) is 4. The van der Waals surface area contributed by atoms with E-state index in [-0.39, 0.29) is 5.91 Å². The minimum absolute atomic E-state index is 0.105. The summed E-state index contributed by atoms with van der Waals surface area (Å²) in [6.45, 7) is 6.41. The molecule has 1 amide bonds. The Morgan fingerprint density at radius 3 is 2.61 bits per heavy atom. The molecule has 0 saturated carbocycles. The number of rotatable bonds is 5. The van der Waals surface area contributed by atoms with Gasteiger partial charge in [-0.1, -0.05) is 19.1 Å². The van der Waals surface area contributed by atoms with E-state index < -0.39 is 0 Å². The summed E-state index contributed by atoms with van der Waals surface area (Å²) in [4.78, 5) is 28.9. The lowest BCUT2D eigenvalue weighted by Crippen LogP contribution is -2.47. The third-order valence-electron chi connectivity index (χ3n) is 5.20. The van der Waals surface area contributed by atoms with E-state index in [1.165, 1.54) is 0 Å². The zero-order valence-corrected chi connectivity index (χ0v) is 16.4. The highest BCUT2D eigenvalue weighted by atomic mass is 16.2. The second-order valence-corrected chi connectivity index (χ2v) is 7.27. The summed E-state index contributed by atoms with van der Waals surface area (Å²) in [6.07, 6.45) is 2.60. The first-order valence-electron chi connectivity index (χ1n) is 9.81. The van der Waals surface area contributed by atoms with Crippen molar-refractivity contribution in [2.24, 2.45) is 0 Å². The van der Waals surface area contributed by atoms with Crippen LogP contribution in [-0.4, -0.2) is 70.4 Å². The number of hydrogen-bond donors (Lipinski definition) is 2. The molecule has 3 heterocycles. The Morgan fingerprint density at radius 1 is 1.14 bits per heavy atom. The van der Waals surface area contributed by atoms with E-state index >= 15 is 0 Å². The third kappa shape index (κ3) is 3.71. The number of fused-ring (bicyclic) bond motifs is 1. The van der Waals surface area contributed by atoms with E-state index in [1.807, 2.05) is 29.2 Å². The average Bonchev–Trinajstić information content (AvgIpc) is 3.17. The van der Waals surface area contributed by atoms with Crippen molar-refractivity contribution in [3.63, 3.8) is 0 Å². The van der Waals surface area contributed by atoms with Crippen molar-refractivity contribution in [3.05, 3.63) is 42.2 Å². The normalized spacial score (nSPS) is 15.1. The molecule has 146 valence electrons. The van der Waals surface area contributed by atoms with Gasteiger partial charge in [0, 0.05) is 44.0 Å². The molecule has 1 aromatic carbocycles. The highest BCUT2D eigenvalue weighted by Gasteiger charge is 2.20. The number of hydrogen-bond acceptors (Lipinski definition) is 5. The second-order valence-electron chi connectivity index (χ2n) is 7.27. The Hall–Kier alpha value is -2.93. The summed E-state index contributed by atoms with van der Waals surface area (Å²) in [5.74, 6) is 0.949. The Labute approximate surface area is 164 Å². The molecule has 1 aliphatic rings. The summed E-state index contributed by atoms with van der Waals surface area (Å²) in [5.41, 5.74) is 3.53. The number of aromatic nitrogens is 3.